The number of methoxy groups -OCH3 is 1. The molecule has 33 heavy (non-hydrogen) atoms. The minimum atomic E-state index is -1.81. The highest BCUT2D eigenvalue weighted by molar-refractivity contribution is 9.10. The number of hydrogen-bond acceptors (Lipinski definition) is 7. The summed E-state index contributed by atoms with van der Waals surface area (Å²) in [6.45, 7) is 0.0964. The minimum absolute atomic E-state index is 0.0577. The molecule has 1 aliphatic carbocycles. The third-order valence-electron chi connectivity index (χ3n) is 6.03. The van der Waals surface area contributed by atoms with Crippen molar-refractivity contribution >= 4 is 45.0 Å². The van der Waals surface area contributed by atoms with Gasteiger partial charge in [0.05, 0.1) is 12.2 Å². The van der Waals surface area contributed by atoms with Crippen LogP contribution in [0.4, 0.5) is 5.69 Å². The lowest BCUT2D eigenvalue weighted by Gasteiger charge is -2.38. The van der Waals surface area contributed by atoms with Gasteiger partial charge in [-0.15, -0.1) is 0 Å². The Morgan fingerprint density at radius 1 is 1.21 bits per heavy atom. The highest BCUT2D eigenvalue weighted by Crippen LogP contribution is 2.55. The topological polar surface area (TPSA) is 117 Å². The van der Waals surface area contributed by atoms with Gasteiger partial charge in [0.1, 0.15) is 23.4 Å². The molecule has 168 valence electrons. The van der Waals surface area contributed by atoms with Gasteiger partial charge in [-0.1, -0.05) is 40.2 Å². The number of nitrogens with two attached hydrogens (primary N) is 1. The first-order valence-electron chi connectivity index (χ1n) is 10.2. The number of carbonyl (C=O) groups excluding carboxylic acids is 3. The number of hydrogen-bond donors (Lipinski definition) is 2. The number of ether oxygens (including phenoxy) is 3. The number of ketones is 1. The van der Waals surface area contributed by atoms with Gasteiger partial charge in [-0.3, -0.25) is 9.59 Å². The van der Waals surface area contributed by atoms with Crippen molar-refractivity contribution in [3.8, 4) is 0 Å². The van der Waals surface area contributed by atoms with Crippen LogP contribution in [-0.4, -0.2) is 38.0 Å². The van der Waals surface area contributed by atoms with Crippen molar-refractivity contribution in [3.63, 3.8) is 0 Å². The first-order valence-corrected chi connectivity index (χ1v) is 11.0. The smallest absolute Gasteiger partial charge is 0.341 e. The molecule has 0 radical (unpaired) electrons. The quantitative estimate of drug-likeness (QED) is 0.479. The zero-order chi connectivity index (χ0) is 23.3. The summed E-state index contributed by atoms with van der Waals surface area (Å²) >= 11 is 3.44. The number of esters is 1. The molecular formula is C24H19BrN2O6. The maximum absolute atomic E-state index is 13.7. The van der Waals surface area contributed by atoms with E-state index in [1.54, 1.807) is 24.3 Å². The summed E-state index contributed by atoms with van der Waals surface area (Å²) in [5.74, 6) is -1.87. The van der Waals surface area contributed by atoms with Gasteiger partial charge in [-0.2, -0.15) is 0 Å². The van der Waals surface area contributed by atoms with Gasteiger partial charge in [0.25, 0.3) is 0 Å². The number of fused-ring (bicyclic) bond motifs is 5. The van der Waals surface area contributed by atoms with Crippen LogP contribution in [0.1, 0.15) is 16.7 Å². The molecule has 2 aromatic carbocycles. The lowest BCUT2D eigenvalue weighted by molar-refractivity contribution is -0.142. The molecule has 2 aliphatic heterocycles. The van der Waals surface area contributed by atoms with E-state index >= 15 is 0 Å². The number of Topliss-reactive ketones (excluding diaryl/α,β-unsaturated/α-hetero) is 1. The first kappa shape index (κ1) is 21.4. The Bertz CT molecular complexity index is 1300. The number of carbonyl (C=O) groups is 3. The molecule has 2 aromatic rings. The number of anilines is 1. The number of halogens is 1. The van der Waals surface area contributed by atoms with Crippen LogP contribution in [0, 0.1) is 0 Å². The fraction of sp³-hybridized carbons (Fsp3) is 0.208. The molecule has 0 fully saturated rings. The van der Waals surface area contributed by atoms with Crippen LogP contribution in [-0.2, 0) is 40.4 Å². The molecule has 1 spiro atoms. The molecule has 2 heterocycles. The summed E-state index contributed by atoms with van der Waals surface area (Å²) in [5, 5.41) is 2.81. The predicted molar refractivity (Wildman–Crippen MR) is 122 cm³/mol. The molecular weight excluding hydrogens is 492 g/mol. The van der Waals surface area contributed by atoms with Crippen molar-refractivity contribution in [2.24, 2.45) is 5.73 Å². The fourth-order valence-corrected chi connectivity index (χ4v) is 5.05. The third-order valence-corrected chi connectivity index (χ3v) is 6.52. The Kier molecular flexibility index (Phi) is 5.10. The van der Waals surface area contributed by atoms with Crippen LogP contribution >= 0.6 is 15.9 Å². The Hall–Kier alpha value is -3.43. The van der Waals surface area contributed by atoms with E-state index in [9.17, 15) is 14.4 Å². The second-order valence-electron chi connectivity index (χ2n) is 7.83. The summed E-state index contributed by atoms with van der Waals surface area (Å²) in [6, 6.07) is 12.4. The molecule has 1 atom stereocenters. The first-order chi connectivity index (χ1) is 15.9. The second-order valence-corrected chi connectivity index (χ2v) is 8.74. The van der Waals surface area contributed by atoms with E-state index in [-0.39, 0.29) is 48.2 Å². The third kappa shape index (κ3) is 3.03. The molecule has 5 rings (SSSR count). The molecule has 3 aliphatic rings. The summed E-state index contributed by atoms with van der Waals surface area (Å²) < 4.78 is 16.9. The summed E-state index contributed by atoms with van der Waals surface area (Å²) in [4.78, 5) is 40.6. The van der Waals surface area contributed by atoms with Gasteiger partial charge >= 0.3 is 5.97 Å². The summed E-state index contributed by atoms with van der Waals surface area (Å²) in [5.41, 5.74) is 6.63. The number of nitrogens with one attached hydrogen (secondary N) is 1. The van der Waals surface area contributed by atoms with E-state index in [0.717, 1.165) is 5.56 Å². The average Bonchev–Trinajstić information content (AvgIpc) is 3.05. The molecule has 0 saturated heterocycles. The summed E-state index contributed by atoms with van der Waals surface area (Å²) in [6.07, 6.45) is 0.0582. The second kappa shape index (κ2) is 7.86. The van der Waals surface area contributed by atoms with Crippen molar-refractivity contribution in [2.45, 2.75) is 11.8 Å². The standard InChI is InChI=1S/C24H19BrN2O6/c1-31-8-9-32-22(29)19-21(26)33-20-14-5-3-2-4-12(14)10-17(28)18(20)24(19)15-11-13(25)6-7-16(15)27-23(24)30/h2-7,11H,8-10,26H2,1H3,(H,27,30). The van der Waals surface area contributed by atoms with E-state index in [0.29, 0.717) is 21.3 Å². The monoisotopic (exact) mass is 510 g/mol. The van der Waals surface area contributed by atoms with Crippen LogP contribution in [0.25, 0.3) is 5.76 Å². The van der Waals surface area contributed by atoms with Crippen LogP contribution in [0.3, 0.4) is 0 Å². The SMILES string of the molecule is COCCOC(=O)C1=C(N)OC2=C(C(=O)Cc3ccccc32)C12C(=O)Nc1ccc(Br)cc12. The largest absolute Gasteiger partial charge is 0.460 e. The van der Waals surface area contributed by atoms with E-state index in [2.05, 4.69) is 21.2 Å². The Morgan fingerprint density at radius 2 is 2.00 bits per heavy atom. The maximum Gasteiger partial charge on any atom is 0.341 e. The van der Waals surface area contributed by atoms with Crippen molar-refractivity contribution in [3.05, 3.63) is 80.7 Å². The van der Waals surface area contributed by atoms with E-state index in [1.807, 2.05) is 18.2 Å². The Balaban J connectivity index is 1.82. The highest BCUT2D eigenvalue weighted by atomic mass is 79.9. The van der Waals surface area contributed by atoms with Crippen molar-refractivity contribution in [1.82, 2.24) is 0 Å². The van der Waals surface area contributed by atoms with Crippen LogP contribution in [0.5, 0.6) is 0 Å². The lowest BCUT2D eigenvalue weighted by atomic mass is 9.64. The predicted octanol–water partition coefficient (Wildman–Crippen LogP) is 2.57. The van der Waals surface area contributed by atoms with Crippen molar-refractivity contribution in [2.75, 3.05) is 25.6 Å². The van der Waals surface area contributed by atoms with Crippen molar-refractivity contribution < 1.29 is 28.6 Å². The van der Waals surface area contributed by atoms with Gasteiger partial charge in [0.15, 0.2) is 5.78 Å². The molecule has 1 amide bonds. The van der Waals surface area contributed by atoms with Gasteiger partial charge in [0.2, 0.25) is 11.8 Å². The van der Waals surface area contributed by atoms with Gasteiger partial charge in [0, 0.05) is 34.8 Å². The lowest BCUT2D eigenvalue weighted by Crippen LogP contribution is -2.49. The molecule has 1 unspecified atom stereocenters. The van der Waals surface area contributed by atoms with Gasteiger partial charge in [-0.25, -0.2) is 4.79 Å². The van der Waals surface area contributed by atoms with Gasteiger partial charge < -0.3 is 25.3 Å². The normalized spacial score (nSPS) is 20.8. The number of rotatable bonds is 4. The van der Waals surface area contributed by atoms with Crippen molar-refractivity contribution in [1.29, 1.82) is 0 Å². The molecule has 0 aromatic heterocycles. The maximum atomic E-state index is 13.7. The Morgan fingerprint density at radius 3 is 2.79 bits per heavy atom. The molecule has 9 heteroatoms. The zero-order valence-electron chi connectivity index (χ0n) is 17.6. The highest BCUT2D eigenvalue weighted by Gasteiger charge is 2.62. The average molecular weight is 511 g/mol. The zero-order valence-corrected chi connectivity index (χ0v) is 19.2. The van der Waals surface area contributed by atoms with Crippen LogP contribution < -0.4 is 11.1 Å². The van der Waals surface area contributed by atoms with E-state index in [4.69, 9.17) is 19.9 Å². The van der Waals surface area contributed by atoms with Crippen LogP contribution in [0.15, 0.2) is 64.0 Å². The number of amides is 1. The van der Waals surface area contributed by atoms with E-state index < -0.39 is 17.3 Å². The number of benzene rings is 2. The minimum Gasteiger partial charge on any atom is -0.460 e. The molecule has 3 N–H and O–H groups in total. The fourth-order valence-electron chi connectivity index (χ4n) is 4.69. The summed E-state index contributed by atoms with van der Waals surface area (Å²) in [7, 11) is 1.47. The molecule has 8 nitrogen and oxygen atoms in total. The van der Waals surface area contributed by atoms with Crippen LogP contribution in [0.2, 0.25) is 0 Å². The Labute approximate surface area is 197 Å². The van der Waals surface area contributed by atoms with Gasteiger partial charge in [-0.05, 0) is 23.8 Å². The molecule has 0 saturated carbocycles. The molecule has 0 bridgehead atoms. The van der Waals surface area contributed by atoms with E-state index in [1.165, 1.54) is 7.11 Å².